The second-order valence-electron chi connectivity index (χ2n) is 7.23. The average molecular weight is 413 g/mol. The fourth-order valence-corrected chi connectivity index (χ4v) is 4.01. The van der Waals surface area contributed by atoms with Crippen LogP contribution in [0.5, 0.6) is 0 Å². The molecular weight excluding hydrogens is 388 g/mol. The first-order chi connectivity index (χ1) is 12.8. The van der Waals surface area contributed by atoms with Gasteiger partial charge in [-0.15, -0.1) is 0 Å². The zero-order valence-corrected chi connectivity index (χ0v) is 17.1. The minimum atomic E-state index is -3.19. The first-order valence-corrected chi connectivity index (χ1v) is 11.1. The first kappa shape index (κ1) is 20.1. The molecule has 1 aromatic heterocycles. The molecule has 0 aliphatic heterocycles. The largest absolute Gasteiger partial charge is 0.335 e. The molecule has 1 aliphatic rings. The molecule has 0 amide bonds. The quantitative estimate of drug-likeness (QED) is 0.719. The predicted octanol–water partition coefficient (Wildman–Crippen LogP) is 3.69. The summed E-state index contributed by atoms with van der Waals surface area (Å²) in [6.07, 6.45) is 3.78. The maximum atomic E-state index is 11.9. The van der Waals surface area contributed by atoms with Crippen LogP contribution in [0.1, 0.15) is 39.5 Å². The van der Waals surface area contributed by atoms with Gasteiger partial charge in [0.05, 0.1) is 5.25 Å². The third-order valence-electron chi connectivity index (χ3n) is 4.90. The second kappa shape index (κ2) is 8.58. The fraction of sp³-hybridized carbons (Fsp3) is 0.556. The van der Waals surface area contributed by atoms with Crippen molar-refractivity contribution >= 4 is 27.6 Å². The van der Waals surface area contributed by atoms with E-state index in [9.17, 15) is 8.42 Å². The standard InChI is InChI=1S/C18H25ClN4O3S/c1-12(2)27(24,25)20-11-13-3-9-16(10-4-13)21-18-22-17(23-26-18)14-5-7-15(19)8-6-14/h5-8,12-13,16,20H,3-4,9-11H2,1-2H3,(H,21,22,23)/t13-,16-. The summed E-state index contributed by atoms with van der Waals surface area (Å²) in [4.78, 5) is 4.39. The fourth-order valence-electron chi connectivity index (χ4n) is 3.08. The van der Waals surface area contributed by atoms with Gasteiger partial charge < -0.3 is 9.84 Å². The molecule has 0 bridgehead atoms. The molecule has 0 unspecified atom stereocenters. The number of halogens is 1. The summed E-state index contributed by atoms with van der Waals surface area (Å²) in [5.74, 6) is 0.884. The number of benzene rings is 1. The van der Waals surface area contributed by atoms with E-state index in [4.69, 9.17) is 16.1 Å². The molecule has 1 aromatic carbocycles. The third kappa shape index (κ3) is 5.43. The van der Waals surface area contributed by atoms with Gasteiger partial charge in [-0.05, 0) is 69.7 Å². The molecule has 9 heteroatoms. The van der Waals surface area contributed by atoms with Crippen LogP contribution in [0.3, 0.4) is 0 Å². The Kier molecular flexibility index (Phi) is 6.39. The van der Waals surface area contributed by atoms with Crippen molar-refractivity contribution in [3.63, 3.8) is 0 Å². The molecule has 1 aliphatic carbocycles. The van der Waals surface area contributed by atoms with Crippen LogP contribution < -0.4 is 10.0 Å². The van der Waals surface area contributed by atoms with Crippen LogP contribution in [0.4, 0.5) is 6.01 Å². The number of hydrogen-bond donors (Lipinski definition) is 2. The third-order valence-corrected chi connectivity index (χ3v) is 6.96. The molecule has 0 radical (unpaired) electrons. The van der Waals surface area contributed by atoms with Crippen LogP contribution in [0, 0.1) is 5.92 Å². The van der Waals surface area contributed by atoms with Gasteiger partial charge in [-0.1, -0.05) is 16.8 Å². The predicted molar refractivity (Wildman–Crippen MR) is 106 cm³/mol. The highest BCUT2D eigenvalue weighted by Crippen LogP contribution is 2.27. The molecule has 0 atom stereocenters. The minimum Gasteiger partial charge on any atom is -0.335 e. The molecule has 27 heavy (non-hydrogen) atoms. The van der Waals surface area contributed by atoms with Crippen LogP contribution in [-0.4, -0.2) is 36.4 Å². The Labute approximate surface area is 164 Å². The molecule has 1 saturated carbocycles. The van der Waals surface area contributed by atoms with Crippen molar-refractivity contribution in [2.24, 2.45) is 5.92 Å². The lowest BCUT2D eigenvalue weighted by molar-refractivity contribution is 0.330. The molecule has 7 nitrogen and oxygen atoms in total. The molecule has 2 N–H and O–H groups in total. The number of hydrogen-bond acceptors (Lipinski definition) is 6. The van der Waals surface area contributed by atoms with Gasteiger partial charge in [-0.2, -0.15) is 4.98 Å². The van der Waals surface area contributed by atoms with Gasteiger partial charge >= 0.3 is 6.01 Å². The molecule has 148 valence electrons. The molecular formula is C18H25ClN4O3S. The monoisotopic (exact) mass is 412 g/mol. The van der Waals surface area contributed by atoms with E-state index >= 15 is 0 Å². The van der Waals surface area contributed by atoms with Crippen molar-refractivity contribution in [3.05, 3.63) is 29.3 Å². The molecule has 0 saturated heterocycles. The van der Waals surface area contributed by atoms with E-state index in [1.54, 1.807) is 26.0 Å². The lowest BCUT2D eigenvalue weighted by Crippen LogP contribution is -2.37. The van der Waals surface area contributed by atoms with E-state index in [1.807, 2.05) is 12.1 Å². The van der Waals surface area contributed by atoms with Gasteiger partial charge in [0.1, 0.15) is 0 Å². The molecule has 0 spiro atoms. The first-order valence-electron chi connectivity index (χ1n) is 9.18. The Morgan fingerprint density at radius 1 is 1.19 bits per heavy atom. The molecule has 2 aromatic rings. The van der Waals surface area contributed by atoms with E-state index in [2.05, 4.69) is 20.2 Å². The Morgan fingerprint density at radius 3 is 2.48 bits per heavy atom. The maximum absolute atomic E-state index is 11.9. The second-order valence-corrected chi connectivity index (χ2v) is 9.99. The smallest absolute Gasteiger partial charge is 0.322 e. The van der Waals surface area contributed by atoms with Crippen molar-refractivity contribution in [2.45, 2.75) is 50.8 Å². The SMILES string of the molecule is CC(C)S(=O)(=O)NC[C@H]1CC[C@H](Nc2nc(-c3ccc(Cl)cc3)no2)CC1. The highest BCUT2D eigenvalue weighted by molar-refractivity contribution is 7.90. The van der Waals surface area contributed by atoms with Gasteiger partial charge in [0.25, 0.3) is 0 Å². The van der Waals surface area contributed by atoms with Crippen molar-refractivity contribution in [2.75, 3.05) is 11.9 Å². The van der Waals surface area contributed by atoms with E-state index < -0.39 is 15.3 Å². The highest BCUT2D eigenvalue weighted by atomic mass is 35.5. The van der Waals surface area contributed by atoms with Crippen molar-refractivity contribution < 1.29 is 12.9 Å². The summed E-state index contributed by atoms with van der Waals surface area (Å²) in [5, 5.41) is 7.55. The normalized spacial score (nSPS) is 20.7. The number of aromatic nitrogens is 2. The molecule has 1 heterocycles. The van der Waals surface area contributed by atoms with E-state index in [1.165, 1.54) is 0 Å². The summed E-state index contributed by atoms with van der Waals surface area (Å²) in [6.45, 7) is 3.88. The number of rotatable bonds is 7. The van der Waals surface area contributed by atoms with Crippen molar-refractivity contribution in [1.82, 2.24) is 14.9 Å². The van der Waals surface area contributed by atoms with Crippen LogP contribution >= 0.6 is 11.6 Å². The number of nitrogens with one attached hydrogen (secondary N) is 2. The number of nitrogens with zero attached hydrogens (tertiary/aromatic N) is 2. The van der Waals surface area contributed by atoms with Gasteiger partial charge in [0, 0.05) is 23.2 Å². The number of sulfonamides is 1. The number of anilines is 1. The highest BCUT2D eigenvalue weighted by Gasteiger charge is 2.24. The Morgan fingerprint density at radius 2 is 1.85 bits per heavy atom. The van der Waals surface area contributed by atoms with Gasteiger partial charge in [-0.3, -0.25) is 0 Å². The van der Waals surface area contributed by atoms with Crippen LogP contribution in [0.2, 0.25) is 5.02 Å². The van der Waals surface area contributed by atoms with E-state index in [0.29, 0.717) is 29.3 Å². The maximum Gasteiger partial charge on any atom is 0.322 e. The van der Waals surface area contributed by atoms with Crippen LogP contribution in [-0.2, 0) is 10.0 Å². The van der Waals surface area contributed by atoms with Gasteiger partial charge in [0.15, 0.2) is 0 Å². The minimum absolute atomic E-state index is 0.251. The topological polar surface area (TPSA) is 97.1 Å². The van der Waals surface area contributed by atoms with Crippen LogP contribution in [0.25, 0.3) is 11.4 Å². The van der Waals surface area contributed by atoms with Gasteiger partial charge in [-0.25, -0.2) is 13.1 Å². The van der Waals surface area contributed by atoms with E-state index in [-0.39, 0.29) is 6.04 Å². The Bertz CT molecular complexity index is 844. The van der Waals surface area contributed by atoms with Gasteiger partial charge in [0.2, 0.25) is 15.8 Å². The molecule has 1 fully saturated rings. The Hall–Kier alpha value is -1.64. The summed E-state index contributed by atoms with van der Waals surface area (Å²) < 4.78 is 31.7. The summed E-state index contributed by atoms with van der Waals surface area (Å²) in [5.41, 5.74) is 0.845. The average Bonchev–Trinajstić information content (AvgIpc) is 3.10. The lowest BCUT2D eigenvalue weighted by atomic mass is 9.86. The zero-order valence-electron chi connectivity index (χ0n) is 15.5. The van der Waals surface area contributed by atoms with Crippen molar-refractivity contribution in [1.29, 1.82) is 0 Å². The zero-order chi connectivity index (χ0) is 19.4. The summed E-state index contributed by atoms with van der Waals surface area (Å²) in [7, 11) is -3.19. The molecule has 3 rings (SSSR count). The lowest BCUT2D eigenvalue weighted by Gasteiger charge is -2.28. The Balaban J connectivity index is 1.48. The van der Waals surface area contributed by atoms with Crippen molar-refractivity contribution in [3.8, 4) is 11.4 Å². The summed E-state index contributed by atoms with van der Waals surface area (Å²) in [6, 6.07) is 7.93. The summed E-state index contributed by atoms with van der Waals surface area (Å²) >= 11 is 5.89. The van der Waals surface area contributed by atoms with E-state index in [0.717, 1.165) is 31.2 Å². The van der Waals surface area contributed by atoms with Crippen LogP contribution in [0.15, 0.2) is 28.8 Å².